The largest absolute Gasteiger partial charge is 0.494 e. The minimum Gasteiger partial charge on any atom is -0.494 e. The first-order valence-electron chi connectivity index (χ1n) is 15.3. The average molecular weight is 611 g/mol. The Morgan fingerprint density at radius 1 is 0.727 bits per heavy atom. The smallest absolute Gasteiger partial charge is 0.298 e. The molecule has 1 heterocycles. The monoisotopic (exact) mass is 610 g/mol. The summed E-state index contributed by atoms with van der Waals surface area (Å²) in [4.78, 5) is 10.9. The van der Waals surface area contributed by atoms with Crippen LogP contribution in [-0.4, -0.2) is 37.5 Å². The van der Waals surface area contributed by atoms with Crippen molar-refractivity contribution in [3.05, 3.63) is 120 Å². The summed E-state index contributed by atoms with van der Waals surface area (Å²) in [6, 6.07) is 35.3. The molecule has 0 saturated heterocycles. The van der Waals surface area contributed by atoms with Crippen LogP contribution in [-0.2, 0) is 6.42 Å². The minimum absolute atomic E-state index is 0.358. The summed E-state index contributed by atoms with van der Waals surface area (Å²) in [6.45, 7) is 0.694. The van der Waals surface area contributed by atoms with E-state index in [2.05, 4.69) is 27.4 Å². The second-order valence-electron chi connectivity index (χ2n) is 11.2. The van der Waals surface area contributed by atoms with Crippen molar-refractivity contribution in [3.8, 4) is 5.75 Å². The standard InChI is InChI=1S/C36H42FN5OP/c1-42(2)36-40-34(39-35(38)41-36)29-21-23-30(24-22-29)43-27-13-5-3-4-8-14-28-19-25-33(26-20-28)44(37,31-15-9-6-10-16-31)32-17-11-7-12-18-32/h6-7,9-12,15-26,34H,3-5,8,13-14,27H2,1-2H3,(H3,38,39,40,41)/q+1. The van der Waals surface area contributed by atoms with E-state index in [0.29, 0.717) is 18.5 Å². The number of aryl methyl sites for hydroxylation is 1. The molecule has 1 aliphatic heterocycles. The lowest BCUT2D eigenvalue weighted by Gasteiger charge is -2.23. The summed E-state index contributed by atoms with van der Waals surface area (Å²) in [5.41, 5.74) is 8.15. The number of nitrogens with zero attached hydrogens (tertiary/aromatic N) is 3. The molecule has 8 heteroatoms. The molecule has 0 aromatic heterocycles. The molecule has 4 aromatic carbocycles. The van der Waals surface area contributed by atoms with Gasteiger partial charge in [-0.1, -0.05) is 79.9 Å². The van der Waals surface area contributed by atoms with Gasteiger partial charge in [-0.15, -0.1) is 0 Å². The molecule has 1 unspecified atom stereocenters. The molecule has 1 atom stereocenters. The van der Waals surface area contributed by atoms with Gasteiger partial charge in [0.25, 0.3) is 7.57 Å². The van der Waals surface area contributed by atoms with Gasteiger partial charge in [0.15, 0.2) is 12.1 Å². The van der Waals surface area contributed by atoms with Crippen molar-refractivity contribution >= 4 is 35.4 Å². The SMILES string of the molecule is CN(C)C1=NC(c2ccc(OCCCCCCCc3ccc([P+](F)(c4ccccc4)c4ccccc4)cc3)cc2)N=C(N)N1. The second-order valence-corrected chi connectivity index (χ2v) is 13.9. The molecule has 0 spiro atoms. The van der Waals surface area contributed by atoms with Crippen molar-refractivity contribution < 1.29 is 8.93 Å². The summed E-state index contributed by atoms with van der Waals surface area (Å²) in [5, 5.41) is 5.25. The Balaban J connectivity index is 1.03. The predicted octanol–water partition coefficient (Wildman–Crippen LogP) is 6.27. The highest BCUT2D eigenvalue weighted by Crippen LogP contribution is 2.56. The number of unbranched alkanes of at least 4 members (excludes halogenated alkanes) is 4. The van der Waals surface area contributed by atoms with Gasteiger partial charge in [0.1, 0.15) is 21.7 Å². The van der Waals surface area contributed by atoms with Crippen molar-refractivity contribution in [3.63, 3.8) is 0 Å². The summed E-state index contributed by atoms with van der Waals surface area (Å²) in [5.74, 6) is 1.89. The van der Waals surface area contributed by atoms with Crippen molar-refractivity contribution in [2.24, 2.45) is 15.7 Å². The number of benzene rings is 4. The molecule has 1 aliphatic rings. The molecule has 6 nitrogen and oxygen atoms in total. The second kappa shape index (κ2) is 15.0. The van der Waals surface area contributed by atoms with Gasteiger partial charge in [-0.25, -0.2) is 9.98 Å². The number of nitrogens with one attached hydrogen (secondary N) is 1. The van der Waals surface area contributed by atoms with E-state index >= 15 is 4.20 Å². The third kappa shape index (κ3) is 7.83. The lowest BCUT2D eigenvalue weighted by atomic mass is 10.1. The molecule has 4 aromatic rings. The molecular weight excluding hydrogens is 568 g/mol. The zero-order valence-electron chi connectivity index (χ0n) is 25.6. The van der Waals surface area contributed by atoms with Gasteiger partial charge in [-0.05, 0) is 83.1 Å². The molecule has 44 heavy (non-hydrogen) atoms. The maximum absolute atomic E-state index is 16.9. The quantitative estimate of drug-likeness (QED) is 0.138. The summed E-state index contributed by atoms with van der Waals surface area (Å²) >= 11 is 0. The fourth-order valence-corrected chi connectivity index (χ4v) is 7.92. The van der Waals surface area contributed by atoms with Crippen LogP contribution < -0.4 is 31.7 Å². The highest BCUT2D eigenvalue weighted by Gasteiger charge is 2.47. The van der Waals surface area contributed by atoms with Crippen LogP contribution in [0.3, 0.4) is 0 Å². The van der Waals surface area contributed by atoms with Crippen LogP contribution in [0.1, 0.15) is 49.4 Å². The van der Waals surface area contributed by atoms with Crippen LogP contribution in [0.4, 0.5) is 4.20 Å². The first kappa shape index (κ1) is 31.2. The van der Waals surface area contributed by atoms with Gasteiger partial charge in [0, 0.05) is 14.1 Å². The van der Waals surface area contributed by atoms with Gasteiger partial charge >= 0.3 is 0 Å². The molecule has 0 bridgehead atoms. The van der Waals surface area contributed by atoms with Crippen molar-refractivity contribution in [2.75, 3.05) is 20.7 Å². The molecule has 3 N–H and O–H groups in total. The summed E-state index contributed by atoms with van der Waals surface area (Å²) < 4.78 is 22.9. The molecule has 0 amide bonds. The predicted molar refractivity (Wildman–Crippen MR) is 184 cm³/mol. The molecule has 228 valence electrons. The van der Waals surface area contributed by atoms with Crippen LogP contribution in [0.15, 0.2) is 119 Å². The Bertz CT molecular complexity index is 1490. The van der Waals surface area contributed by atoms with E-state index in [4.69, 9.17) is 10.5 Å². The number of guanidine groups is 2. The number of aliphatic imine (C=N–C) groups is 2. The zero-order valence-corrected chi connectivity index (χ0v) is 26.5. The van der Waals surface area contributed by atoms with Gasteiger partial charge in [-0.3, -0.25) is 5.32 Å². The number of hydrogen-bond acceptors (Lipinski definition) is 6. The number of ether oxygens (including phenoxy) is 1. The lowest BCUT2D eigenvalue weighted by Crippen LogP contribution is -2.46. The number of rotatable bonds is 13. The Kier molecular flexibility index (Phi) is 10.6. The Morgan fingerprint density at radius 3 is 1.91 bits per heavy atom. The van der Waals surface area contributed by atoms with Crippen molar-refractivity contribution in [2.45, 2.75) is 44.7 Å². The summed E-state index contributed by atoms with van der Waals surface area (Å²) in [6.07, 6.45) is 6.25. The van der Waals surface area contributed by atoms with Crippen LogP contribution in [0, 0.1) is 0 Å². The van der Waals surface area contributed by atoms with Crippen molar-refractivity contribution in [1.29, 1.82) is 0 Å². The van der Waals surface area contributed by atoms with E-state index in [1.807, 2.05) is 116 Å². The van der Waals surface area contributed by atoms with Gasteiger partial charge in [-0.2, -0.15) is 0 Å². The third-order valence-electron chi connectivity index (χ3n) is 7.74. The fraction of sp³-hybridized carbons (Fsp3) is 0.278. The molecule has 5 rings (SSSR count). The molecule has 0 radical (unpaired) electrons. The van der Waals surface area contributed by atoms with Gasteiger partial charge in [0.05, 0.1) is 6.61 Å². The van der Waals surface area contributed by atoms with Crippen LogP contribution in [0.5, 0.6) is 5.75 Å². The zero-order chi connectivity index (χ0) is 30.8. The molecule has 0 aliphatic carbocycles. The normalized spacial score (nSPS) is 14.8. The fourth-order valence-electron chi connectivity index (χ4n) is 5.30. The van der Waals surface area contributed by atoms with E-state index in [1.165, 1.54) is 18.4 Å². The topological polar surface area (TPSA) is 75.2 Å². The first-order valence-corrected chi connectivity index (χ1v) is 17.0. The van der Waals surface area contributed by atoms with Gasteiger partial charge < -0.3 is 15.4 Å². The van der Waals surface area contributed by atoms with E-state index < -0.39 is 7.57 Å². The minimum atomic E-state index is -3.16. The maximum atomic E-state index is 16.9. The van der Waals surface area contributed by atoms with E-state index in [9.17, 15) is 0 Å². The van der Waals surface area contributed by atoms with Crippen LogP contribution in [0.2, 0.25) is 0 Å². The van der Waals surface area contributed by atoms with Gasteiger partial charge in [0.2, 0.25) is 5.96 Å². The van der Waals surface area contributed by atoms with Crippen LogP contribution in [0.25, 0.3) is 0 Å². The number of nitrogens with two attached hydrogens (primary N) is 1. The molecule has 0 fully saturated rings. The average Bonchev–Trinajstić information content (AvgIpc) is 3.06. The van der Waals surface area contributed by atoms with E-state index in [0.717, 1.165) is 52.9 Å². The summed E-state index contributed by atoms with van der Waals surface area (Å²) in [7, 11) is 0.659. The van der Waals surface area contributed by atoms with Crippen LogP contribution >= 0.6 is 7.57 Å². The number of halogens is 1. The maximum Gasteiger partial charge on any atom is 0.298 e. The molecular formula is C36H42FN5OP+. The van der Waals surface area contributed by atoms with E-state index in [-0.39, 0.29) is 6.17 Å². The highest BCUT2D eigenvalue weighted by atomic mass is 31.2. The Morgan fingerprint density at radius 2 is 1.30 bits per heavy atom. The van der Waals surface area contributed by atoms with Crippen molar-refractivity contribution in [1.82, 2.24) is 10.2 Å². The first-order chi connectivity index (χ1) is 21.4. The highest BCUT2D eigenvalue weighted by molar-refractivity contribution is 7.91. The Hall–Kier alpha value is -4.22. The molecule has 0 saturated carbocycles. The lowest BCUT2D eigenvalue weighted by molar-refractivity contribution is 0.304. The number of hydrogen-bond donors (Lipinski definition) is 2. The Labute approximate surface area is 261 Å². The van der Waals surface area contributed by atoms with E-state index in [1.54, 1.807) is 0 Å². The third-order valence-corrected chi connectivity index (χ3v) is 10.8.